The van der Waals surface area contributed by atoms with Crippen LogP contribution in [0.25, 0.3) is 0 Å². The molecule has 1 aliphatic rings. The standard InChI is InChI=1S/C13H13BrN4O3/c1-2-11-16-12(18-17-11)13(19)15-8-6-10-9(5-7(8)14)20-3-4-21-10/h5-6H,2-4H2,1H3,(H,15,19)(H,16,17,18). The number of aromatic amines is 1. The summed E-state index contributed by atoms with van der Waals surface area (Å²) < 4.78 is 11.7. The van der Waals surface area contributed by atoms with Gasteiger partial charge in [-0.05, 0) is 15.9 Å². The van der Waals surface area contributed by atoms with Gasteiger partial charge in [-0.15, -0.1) is 5.10 Å². The first-order valence-corrected chi connectivity index (χ1v) is 7.28. The number of anilines is 1. The number of aryl methyl sites for hydroxylation is 1. The Morgan fingerprint density at radius 1 is 1.38 bits per heavy atom. The molecule has 0 saturated carbocycles. The number of H-pyrrole nitrogens is 1. The highest BCUT2D eigenvalue weighted by Crippen LogP contribution is 2.38. The van der Waals surface area contributed by atoms with Crippen molar-refractivity contribution in [3.8, 4) is 11.5 Å². The van der Waals surface area contributed by atoms with Gasteiger partial charge in [-0.3, -0.25) is 9.89 Å². The highest BCUT2D eigenvalue weighted by Gasteiger charge is 2.18. The molecule has 1 aromatic carbocycles. The highest BCUT2D eigenvalue weighted by atomic mass is 79.9. The van der Waals surface area contributed by atoms with Crippen LogP contribution in [0, 0.1) is 0 Å². The topological polar surface area (TPSA) is 89.1 Å². The summed E-state index contributed by atoms with van der Waals surface area (Å²) in [6.07, 6.45) is 0.688. The van der Waals surface area contributed by atoms with Gasteiger partial charge >= 0.3 is 0 Å². The van der Waals surface area contributed by atoms with Crippen molar-refractivity contribution in [1.82, 2.24) is 15.2 Å². The number of amides is 1. The lowest BCUT2D eigenvalue weighted by molar-refractivity contribution is 0.101. The molecule has 0 radical (unpaired) electrons. The lowest BCUT2D eigenvalue weighted by atomic mass is 10.2. The van der Waals surface area contributed by atoms with E-state index in [0.29, 0.717) is 47.1 Å². The number of hydrogen-bond donors (Lipinski definition) is 2. The summed E-state index contributed by atoms with van der Waals surface area (Å²) in [6, 6.07) is 3.48. The molecule has 2 heterocycles. The summed E-state index contributed by atoms with van der Waals surface area (Å²) in [6.45, 7) is 2.94. The van der Waals surface area contributed by atoms with Crippen LogP contribution in [0.1, 0.15) is 23.4 Å². The quantitative estimate of drug-likeness (QED) is 0.883. The fraction of sp³-hybridized carbons (Fsp3) is 0.308. The van der Waals surface area contributed by atoms with E-state index in [9.17, 15) is 4.79 Å². The molecular formula is C13H13BrN4O3. The Bertz CT molecular complexity index is 686. The van der Waals surface area contributed by atoms with Gasteiger partial charge in [0, 0.05) is 23.0 Å². The number of aromatic nitrogens is 3. The van der Waals surface area contributed by atoms with Gasteiger partial charge in [0.1, 0.15) is 19.0 Å². The minimum Gasteiger partial charge on any atom is -0.486 e. The molecule has 0 atom stereocenters. The van der Waals surface area contributed by atoms with Gasteiger partial charge in [0.05, 0.1) is 5.69 Å². The van der Waals surface area contributed by atoms with E-state index in [-0.39, 0.29) is 11.7 Å². The molecule has 1 amide bonds. The maximum Gasteiger partial charge on any atom is 0.295 e. The molecule has 0 bridgehead atoms. The van der Waals surface area contributed by atoms with Crippen molar-refractivity contribution in [2.24, 2.45) is 0 Å². The summed E-state index contributed by atoms with van der Waals surface area (Å²) in [5, 5.41) is 9.34. The van der Waals surface area contributed by atoms with Crippen LogP contribution in [-0.4, -0.2) is 34.3 Å². The van der Waals surface area contributed by atoms with E-state index in [0.717, 1.165) is 0 Å². The van der Waals surface area contributed by atoms with Crippen molar-refractivity contribution in [3.63, 3.8) is 0 Å². The van der Waals surface area contributed by atoms with Crippen LogP contribution in [0.15, 0.2) is 16.6 Å². The fourth-order valence-electron chi connectivity index (χ4n) is 1.89. The highest BCUT2D eigenvalue weighted by molar-refractivity contribution is 9.10. The first-order valence-electron chi connectivity index (χ1n) is 6.49. The normalized spacial score (nSPS) is 13.0. The molecule has 0 fully saturated rings. The zero-order valence-electron chi connectivity index (χ0n) is 11.3. The fourth-order valence-corrected chi connectivity index (χ4v) is 2.31. The summed E-state index contributed by atoms with van der Waals surface area (Å²) in [7, 11) is 0. The van der Waals surface area contributed by atoms with Crippen molar-refractivity contribution in [2.75, 3.05) is 18.5 Å². The zero-order chi connectivity index (χ0) is 14.8. The lowest BCUT2D eigenvalue weighted by Crippen LogP contribution is -2.17. The van der Waals surface area contributed by atoms with Gasteiger partial charge in [0.15, 0.2) is 11.5 Å². The number of nitrogens with one attached hydrogen (secondary N) is 2. The SMILES string of the molecule is CCc1nc(C(=O)Nc2cc3c(cc2Br)OCCO3)n[nH]1. The summed E-state index contributed by atoms with van der Waals surface area (Å²) in [4.78, 5) is 16.2. The monoisotopic (exact) mass is 352 g/mol. The van der Waals surface area contributed by atoms with Crippen LogP contribution >= 0.6 is 15.9 Å². The van der Waals surface area contributed by atoms with Crippen LogP contribution in [0.4, 0.5) is 5.69 Å². The van der Waals surface area contributed by atoms with Gasteiger partial charge in [-0.2, -0.15) is 0 Å². The van der Waals surface area contributed by atoms with Crippen molar-refractivity contribution >= 4 is 27.5 Å². The predicted molar refractivity (Wildman–Crippen MR) is 78.8 cm³/mol. The summed E-state index contributed by atoms with van der Waals surface area (Å²) in [5.74, 6) is 1.64. The molecule has 0 aliphatic carbocycles. The Kier molecular flexibility index (Phi) is 3.78. The van der Waals surface area contributed by atoms with Gasteiger partial charge < -0.3 is 14.8 Å². The number of halogens is 1. The average molecular weight is 353 g/mol. The minimum absolute atomic E-state index is 0.105. The van der Waals surface area contributed by atoms with Crippen molar-refractivity contribution in [1.29, 1.82) is 0 Å². The second-order valence-electron chi connectivity index (χ2n) is 4.39. The zero-order valence-corrected chi connectivity index (χ0v) is 12.9. The van der Waals surface area contributed by atoms with Crippen LogP contribution in [0.2, 0.25) is 0 Å². The molecule has 2 N–H and O–H groups in total. The Morgan fingerprint density at radius 2 is 2.10 bits per heavy atom. The summed E-state index contributed by atoms with van der Waals surface area (Å²) in [5.41, 5.74) is 0.576. The first kappa shape index (κ1) is 13.9. The third-order valence-electron chi connectivity index (χ3n) is 2.95. The van der Waals surface area contributed by atoms with Crippen LogP contribution < -0.4 is 14.8 Å². The molecule has 3 rings (SSSR count). The molecular weight excluding hydrogens is 340 g/mol. The molecule has 8 heteroatoms. The number of fused-ring (bicyclic) bond motifs is 1. The van der Waals surface area contributed by atoms with E-state index in [1.807, 2.05) is 6.92 Å². The largest absolute Gasteiger partial charge is 0.486 e. The van der Waals surface area contributed by atoms with Gasteiger partial charge in [-0.25, -0.2) is 4.98 Å². The van der Waals surface area contributed by atoms with Gasteiger partial charge in [-0.1, -0.05) is 6.92 Å². The molecule has 0 spiro atoms. The lowest BCUT2D eigenvalue weighted by Gasteiger charge is -2.19. The number of carbonyl (C=O) groups excluding carboxylic acids is 1. The first-order chi connectivity index (χ1) is 10.2. The van der Waals surface area contributed by atoms with Crippen LogP contribution in [0.5, 0.6) is 11.5 Å². The Morgan fingerprint density at radius 3 is 2.76 bits per heavy atom. The molecule has 7 nitrogen and oxygen atoms in total. The Labute approximate surface area is 129 Å². The second kappa shape index (κ2) is 5.72. The van der Waals surface area contributed by atoms with E-state index in [2.05, 4.69) is 36.4 Å². The van der Waals surface area contributed by atoms with E-state index in [1.165, 1.54) is 0 Å². The van der Waals surface area contributed by atoms with E-state index in [4.69, 9.17) is 9.47 Å². The van der Waals surface area contributed by atoms with Crippen LogP contribution in [0.3, 0.4) is 0 Å². The second-order valence-corrected chi connectivity index (χ2v) is 5.24. The Hall–Kier alpha value is -2.09. The van der Waals surface area contributed by atoms with Gasteiger partial charge in [0.25, 0.3) is 5.91 Å². The third kappa shape index (κ3) is 2.85. The van der Waals surface area contributed by atoms with E-state index < -0.39 is 0 Å². The molecule has 1 aliphatic heterocycles. The van der Waals surface area contributed by atoms with Crippen LogP contribution in [-0.2, 0) is 6.42 Å². The molecule has 110 valence electrons. The molecule has 2 aromatic rings. The number of nitrogens with zero attached hydrogens (tertiary/aromatic N) is 2. The number of rotatable bonds is 3. The van der Waals surface area contributed by atoms with Crippen molar-refractivity contribution in [2.45, 2.75) is 13.3 Å². The molecule has 21 heavy (non-hydrogen) atoms. The van der Waals surface area contributed by atoms with Gasteiger partial charge in [0.2, 0.25) is 5.82 Å². The van der Waals surface area contributed by atoms with E-state index in [1.54, 1.807) is 12.1 Å². The molecule has 1 aromatic heterocycles. The maximum absolute atomic E-state index is 12.1. The maximum atomic E-state index is 12.1. The Balaban J connectivity index is 1.82. The van der Waals surface area contributed by atoms with Crippen molar-refractivity contribution < 1.29 is 14.3 Å². The average Bonchev–Trinajstić information content (AvgIpc) is 2.97. The minimum atomic E-state index is -0.386. The number of benzene rings is 1. The predicted octanol–water partition coefficient (Wildman–Crippen LogP) is 2.15. The third-order valence-corrected chi connectivity index (χ3v) is 3.61. The smallest absolute Gasteiger partial charge is 0.295 e. The number of hydrogen-bond acceptors (Lipinski definition) is 5. The molecule has 0 saturated heterocycles. The van der Waals surface area contributed by atoms with Crippen molar-refractivity contribution in [3.05, 3.63) is 28.3 Å². The summed E-state index contributed by atoms with van der Waals surface area (Å²) >= 11 is 3.40. The number of carbonyl (C=O) groups is 1. The number of ether oxygens (including phenoxy) is 2. The molecule has 0 unspecified atom stereocenters. The van der Waals surface area contributed by atoms with E-state index >= 15 is 0 Å².